The van der Waals surface area contributed by atoms with E-state index in [1.54, 1.807) is 42.5 Å². The van der Waals surface area contributed by atoms with Gasteiger partial charge in [-0.05, 0) is 54.1 Å². The van der Waals surface area contributed by atoms with Crippen molar-refractivity contribution in [2.45, 2.75) is 11.4 Å². The van der Waals surface area contributed by atoms with Crippen molar-refractivity contribution in [1.29, 1.82) is 0 Å². The van der Waals surface area contributed by atoms with Gasteiger partial charge in [0.2, 0.25) is 15.9 Å². The number of anilines is 1. The lowest BCUT2D eigenvalue weighted by Gasteiger charge is -2.23. The summed E-state index contributed by atoms with van der Waals surface area (Å²) in [6.07, 6.45) is 0. The summed E-state index contributed by atoms with van der Waals surface area (Å²) in [6.45, 7) is -0.584. The third kappa shape index (κ3) is 6.43. The molecule has 0 saturated carbocycles. The molecule has 0 aromatic heterocycles. The van der Waals surface area contributed by atoms with Crippen molar-refractivity contribution in [2.75, 3.05) is 26.1 Å². The van der Waals surface area contributed by atoms with Crippen LogP contribution in [0, 0.1) is 0 Å². The SMILES string of the molecule is COc1ccc(NC(=O)CN(Cc2ccc(Cl)cc2Cl)S(=O)(=O)c2ccc(Br)cc2)cc1OC. The Hall–Kier alpha value is -2.30. The molecule has 3 aromatic rings. The number of ether oxygens (including phenoxy) is 2. The number of rotatable bonds is 9. The molecule has 0 aliphatic heterocycles. The monoisotopic (exact) mass is 586 g/mol. The summed E-state index contributed by atoms with van der Waals surface area (Å²) < 4.78 is 39.1. The number of sulfonamides is 1. The summed E-state index contributed by atoms with van der Waals surface area (Å²) >= 11 is 15.5. The molecule has 0 atom stereocenters. The zero-order valence-electron chi connectivity index (χ0n) is 18.2. The molecule has 0 unspecified atom stereocenters. The molecule has 3 rings (SSSR count). The highest BCUT2D eigenvalue weighted by Gasteiger charge is 2.28. The lowest BCUT2D eigenvalue weighted by Crippen LogP contribution is -2.37. The molecule has 34 heavy (non-hydrogen) atoms. The molecule has 0 fully saturated rings. The van der Waals surface area contributed by atoms with Crippen molar-refractivity contribution in [3.8, 4) is 11.5 Å². The van der Waals surface area contributed by atoms with Crippen LogP contribution in [-0.2, 0) is 21.4 Å². The molecule has 3 aromatic carbocycles. The van der Waals surface area contributed by atoms with Gasteiger partial charge in [0.25, 0.3) is 0 Å². The second-order valence-corrected chi connectivity index (χ2v) is 10.8. The fourth-order valence-corrected chi connectivity index (χ4v) is 5.20. The Morgan fingerprint density at radius 3 is 2.26 bits per heavy atom. The van der Waals surface area contributed by atoms with E-state index in [1.807, 2.05) is 0 Å². The molecule has 180 valence electrons. The molecule has 0 radical (unpaired) electrons. The quantitative estimate of drug-likeness (QED) is 0.352. The number of carbonyl (C=O) groups is 1. The van der Waals surface area contributed by atoms with Crippen LogP contribution in [0.4, 0.5) is 5.69 Å². The summed E-state index contributed by atoms with van der Waals surface area (Å²) in [5, 5.41) is 3.41. The van der Waals surface area contributed by atoms with E-state index in [1.165, 1.54) is 32.4 Å². The molecule has 1 N–H and O–H groups in total. The van der Waals surface area contributed by atoms with Gasteiger partial charge in [0.05, 0.1) is 25.7 Å². The summed E-state index contributed by atoms with van der Waals surface area (Å²) in [4.78, 5) is 12.9. The number of carbonyl (C=O) groups excluding carboxylic acids is 1. The highest BCUT2D eigenvalue weighted by atomic mass is 79.9. The van der Waals surface area contributed by atoms with Gasteiger partial charge in [-0.3, -0.25) is 4.79 Å². The van der Waals surface area contributed by atoms with Crippen molar-refractivity contribution in [3.05, 3.63) is 80.7 Å². The third-order valence-electron chi connectivity index (χ3n) is 4.80. The molecule has 11 heteroatoms. The number of methoxy groups -OCH3 is 2. The first-order valence-corrected chi connectivity index (χ1v) is 12.8. The summed E-state index contributed by atoms with van der Waals surface area (Å²) in [6, 6.07) is 15.8. The largest absolute Gasteiger partial charge is 0.493 e. The van der Waals surface area contributed by atoms with Crippen molar-refractivity contribution in [2.24, 2.45) is 0 Å². The van der Waals surface area contributed by atoms with E-state index in [-0.39, 0.29) is 11.4 Å². The number of halogens is 3. The summed E-state index contributed by atoms with van der Waals surface area (Å²) in [5.74, 6) is 0.378. The Bertz CT molecular complexity index is 1290. The second kappa shape index (κ2) is 11.4. The van der Waals surface area contributed by atoms with Crippen LogP contribution in [0.2, 0.25) is 10.0 Å². The molecular weight excluding hydrogens is 567 g/mol. The normalized spacial score (nSPS) is 11.4. The molecule has 0 heterocycles. The highest BCUT2D eigenvalue weighted by Crippen LogP contribution is 2.30. The molecule has 7 nitrogen and oxygen atoms in total. The number of nitrogens with zero attached hydrogens (tertiary/aromatic N) is 1. The Labute approximate surface area is 216 Å². The predicted molar refractivity (Wildman–Crippen MR) is 136 cm³/mol. The third-order valence-corrected chi connectivity index (χ3v) is 7.72. The van der Waals surface area contributed by atoms with Crippen molar-refractivity contribution in [1.82, 2.24) is 4.31 Å². The van der Waals surface area contributed by atoms with Gasteiger partial charge in [0.15, 0.2) is 11.5 Å². The number of benzene rings is 3. The van der Waals surface area contributed by atoms with Crippen LogP contribution in [0.15, 0.2) is 70.0 Å². The number of hydrogen-bond donors (Lipinski definition) is 1. The van der Waals surface area contributed by atoms with Gasteiger partial charge in [-0.25, -0.2) is 8.42 Å². The van der Waals surface area contributed by atoms with Crippen LogP contribution < -0.4 is 14.8 Å². The Morgan fingerprint density at radius 2 is 1.65 bits per heavy atom. The Morgan fingerprint density at radius 1 is 0.971 bits per heavy atom. The average molecular weight is 588 g/mol. The van der Waals surface area contributed by atoms with Gasteiger partial charge in [-0.1, -0.05) is 45.2 Å². The topological polar surface area (TPSA) is 84.9 Å². The highest BCUT2D eigenvalue weighted by molar-refractivity contribution is 9.10. The van der Waals surface area contributed by atoms with Crippen LogP contribution in [0.3, 0.4) is 0 Å². The van der Waals surface area contributed by atoms with Crippen LogP contribution in [0.1, 0.15) is 5.56 Å². The minimum atomic E-state index is -4.04. The number of nitrogens with one attached hydrogen (secondary N) is 1. The van der Waals surface area contributed by atoms with Crippen LogP contribution >= 0.6 is 39.1 Å². The van der Waals surface area contributed by atoms with Gasteiger partial charge >= 0.3 is 0 Å². The number of amides is 1. The fourth-order valence-electron chi connectivity index (χ4n) is 3.10. The molecule has 0 saturated heterocycles. The van der Waals surface area contributed by atoms with E-state index in [4.69, 9.17) is 32.7 Å². The van der Waals surface area contributed by atoms with Crippen molar-refractivity contribution >= 4 is 60.7 Å². The maximum Gasteiger partial charge on any atom is 0.243 e. The van der Waals surface area contributed by atoms with Crippen molar-refractivity contribution in [3.63, 3.8) is 0 Å². The van der Waals surface area contributed by atoms with Gasteiger partial charge in [0.1, 0.15) is 0 Å². The molecule has 1 amide bonds. The first kappa shape index (κ1) is 26.3. The zero-order chi connectivity index (χ0) is 24.9. The molecule has 0 aliphatic rings. The number of hydrogen-bond acceptors (Lipinski definition) is 5. The fraction of sp³-hybridized carbons (Fsp3) is 0.174. The first-order chi connectivity index (χ1) is 16.1. The van der Waals surface area contributed by atoms with E-state index in [0.717, 1.165) is 8.78 Å². The smallest absolute Gasteiger partial charge is 0.243 e. The molecule has 0 spiro atoms. The average Bonchev–Trinajstić information content (AvgIpc) is 2.80. The predicted octanol–water partition coefficient (Wildman–Crippen LogP) is 5.60. The lowest BCUT2D eigenvalue weighted by molar-refractivity contribution is -0.116. The Kier molecular flexibility index (Phi) is 8.83. The molecule has 0 aliphatic carbocycles. The summed E-state index contributed by atoms with van der Waals surface area (Å²) in [7, 11) is -1.06. The van der Waals surface area contributed by atoms with E-state index in [0.29, 0.717) is 32.8 Å². The van der Waals surface area contributed by atoms with Crippen LogP contribution in [0.25, 0.3) is 0 Å². The van der Waals surface area contributed by atoms with E-state index in [9.17, 15) is 13.2 Å². The second-order valence-electron chi connectivity index (χ2n) is 7.08. The maximum atomic E-state index is 13.4. The van der Waals surface area contributed by atoms with Gasteiger partial charge in [-0.2, -0.15) is 4.31 Å². The zero-order valence-corrected chi connectivity index (χ0v) is 22.1. The van der Waals surface area contributed by atoms with Gasteiger partial charge in [0, 0.05) is 32.8 Å². The summed E-state index contributed by atoms with van der Waals surface area (Å²) in [5.41, 5.74) is 0.929. The van der Waals surface area contributed by atoms with Gasteiger partial charge in [-0.15, -0.1) is 0 Å². The molecule has 0 bridgehead atoms. The first-order valence-electron chi connectivity index (χ1n) is 9.85. The van der Waals surface area contributed by atoms with E-state index < -0.39 is 22.5 Å². The minimum absolute atomic E-state index is 0.0414. The van der Waals surface area contributed by atoms with Crippen LogP contribution in [-0.4, -0.2) is 39.4 Å². The van der Waals surface area contributed by atoms with Crippen molar-refractivity contribution < 1.29 is 22.7 Å². The molecular formula is C23H21BrCl2N2O5S. The lowest BCUT2D eigenvalue weighted by atomic mass is 10.2. The minimum Gasteiger partial charge on any atom is -0.493 e. The van der Waals surface area contributed by atoms with E-state index in [2.05, 4.69) is 21.2 Å². The standard InChI is InChI=1S/C23H21BrCl2N2O5S/c1-32-21-10-7-18(12-22(21)33-2)27-23(29)14-28(13-15-3-6-17(25)11-20(15)26)34(30,31)19-8-4-16(24)5-9-19/h3-12H,13-14H2,1-2H3,(H,27,29). The maximum absolute atomic E-state index is 13.4. The van der Waals surface area contributed by atoms with Crippen LogP contribution in [0.5, 0.6) is 11.5 Å². The van der Waals surface area contributed by atoms with E-state index >= 15 is 0 Å². The van der Waals surface area contributed by atoms with Gasteiger partial charge < -0.3 is 14.8 Å². The Balaban J connectivity index is 1.90.